The molecular weight excluding hydrogens is 310 g/mol. The lowest BCUT2D eigenvalue weighted by Gasteiger charge is -2.24. The summed E-state index contributed by atoms with van der Waals surface area (Å²) in [5, 5.41) is 19.4. The van der Waals surface area contributed by atoms with Gasteiger partial charge in [0.25, 0.3) is 0 Å². The van der Waals surface area contributed by atoms with Crippen molar-refractivity contribution in [2.45, 2.75) is 37.7 Å². The van der Waals surface area contributed by atoms with Crippen LogP contribution in [-0.2, 0) is 11.2 Å². The molecule has 1 heterocycles. The van der Waals surface area contributed by atoms with E-state index in [4.69, 9.17) is 9.47 Å². The van der Waals surface area contributed by atoms with E-state index in [2.05, 4.69) is 0 Å². The highest BCUT2D eigenvalue weighted by molar-refractivity contribution is 5.76. The summed E-state index contributed by atoms with van der Waals surface area (Å²) in [6.45, 7) is 0.871. The molecule has 1 fully saturated rings. The molecule has 1 atom stereocenters. The number of likely N-dealkylation sites (tertiary alicyclic amines) is 1. The van der Waals surface area contributed by atoms with Crippen LogP contribution in [0.1, 0.15) is 31.2 Å². The van der Waals surface area contributed by atoms with Gasteiger partial charge in [-0.1, -0.05) is 6.07 Å². The van der Waals surface area contributed by atoms with E-state index in [-0.39, 0.29) is 12.5 Å². The van der Waals surface area contributed by atoms with Crippen molar-refractivity contribution in [3.05, 3.63) is 23.8 Å². The Bertz CT molecular complexity index is 562. The summed E-state index contributed by atoms with van der Waals surface area (Å²) in [7, 11) is 3.18. The number of methoxy groups -OCH3 is 2. The maximum absolute atomic E-state index is 12.4. The number of hydrogen-bond acceptors (Lipinski definition) is 5. The lowest BCUT2D eigenvalue weighted by molar-refractivity contribution is -0.131. The van der Waals surface area contributed by atoms with Gasteiger partial charge in [0.1, 0.15) is 0 Å². The number of ether oxygens (including phenoxy) is 2. The molecule has 0 aliphatic carbocycles. The molecule has 1 aromatic rings. The van der Waals surface area contributed by atoms with E-state index >= 15 is 0 Å². The lowest BCUT2D eigenvalue weighted by Crippen LogP contribution is -2.36. The monoisotopic (exact) mass is 337 g/mol. The van der Waals surface area contributed by atoms with E-state index in [9.17, 15) is 15.0 Å². The second-order valence-corrected chi connectivity index (χ2v) is 6.31. The van der Waals surface area contributed by atoms with Gasteiger partial charge in [0.2, 0.25) is 5.91 Å². The van der Waals surface area contributed by atoms with Crippen molar-refractivity contribution in [1.82, 2.24) is 4.90 Å². The molecule has 1 saturated heterocycles. The molecule has 1 amide bonds. The third-order valence-electron chi connectivity index (χ3n) is 4.64. The zero-order chi connectivity index (χ0) is 17.6. The topological polar surface area (TPSA) is 79.2 Å². The van der Waals surface area contributed by atoms with Crippen molar-refractivity contribution in [2.24, 2.45) is 0 Å². The second-order valence-electron chi connectivity index (χ2n) is 6.31. The van der Waals surface area contributed by atoms with Crippen molar-refractivity contribution in [3.8, 4) is 11.5 Å². The minimum Gasteiger partial charge on any atom is -0.493 e. The summed E-state index contributed by atoms with van der Waals surface area (Å²) in [5.41, 5.74) is -0.0269. The predicted octanol–water partition coefficient (Wildman–Crippen LogP) is 1.37. The molecule has 0 aromatic heterocycles. The third kappa shape index (κ3) is 4.61. The first-order chi connectivity index (χ1) is 11.5. The van der Waals surface area contributed by atoms with Gasteiger partial charge in [-0.15, -0.1) is 0 Å². The first-order valence-electron chi connectivity index (χ1n) is 8.33. The van der Waals surface area contributed by atoms with E-state index in [0.717, 1.165) is 5.56 Å². The highest BCUT2D eigenvalue weighted by Gasteiger charge is 2.30. The highest BCUT2D eigenvalue weighted by Crippen LogP contribution is 2.28. The number of nitrogens with zero attached hydrogens (tertiary/aromatic N) is 1. The molecule has 1 aromatic carbocycles. The fourth-order valence-corrected chi connectivity index (χ4v) is 3.03. The minimum absolute atomic E-state index is 0.0759. The summed E-state index contributed by atoms with van der Waals surface area (Å²) in [5.74, 6) is 1.40. The Morgan fingerprint density at radius 2 is 1.96 bits per heavy atom. The number of aryl methyl sites for hydroxylation is 1. The molecular formula is C18H27NO5. The average Bonchev–Trinajstić information content (AvgIpc) is 2.81. The van der Waals surface area contributed by atoms with Gasteiger partial charge in [0.15, 0.2) is 11.5 Å². The summed E-state index contributed by atoms with van der Waals surface area (Å²) < 4.78 is 10.5. The van der Waals surface area contributed by atoms with Crippen molar-refractivity contribution in [2.75, 3.05) is 33.9 Å². The number of benzene rings is 1. The maximum Gasteiger partial charge on any atom is 0.222 e. The summed E-state index contributed by atoms with van der Waals surface area (Å²) in [6.07, 6.45) is 2.70. The fraction of sp³-hybridized carbons (Fsp3) is 0.611. The Hall–Kier alpha value is -1.79. The van der Waals surface area contributed by atoms with Crippen LogP contribution >= 0.6 is 0 Å². The Labute approximate surface area is 143 Å². The fourth-order valence-electron chi connectivity index (χ4n) is 3.03. The molecule has 0 spiro atoms. The lowest BCUT2D eigenvalue weighted by atomic mass is 9.96. The van der Waals surface area contributed by atoms with Crippen LogP contribution in [-0.4, -0.2) is 60.5 Å². The van der Waals surface area contributed by atoms with Gasteiger partial charge in [0.05, 0.1) is 26.4 Å². The molecule has 2 N–H and O–H groups in total. The van der Waals surface area contributed by atoms with E-state index in [1.165, 1.54) is 0 Å². The van der Waals surface area contributed by atoms with Gasteiger partial charge in [0, 0.05) is 19.5 Å². The smallest absolute Gasteiger partial charge is 0.222 e. The Balaban J connectivity index is 1.91. The van der Waals surface area contributed by atoms with Crippen LogP contribution in [0, 0.1) is 0 Å². The molecule has 24 heavy (non-hydrogen) atoms. The first kappa shape index (κ1) is 18.5. The quantitative estimate of drug-likeness (QED) is 0.820. The van der Waals surface area contributed by atoms with Crippen molar-refractivity contribution < 1.29 is 24.5 Å². The Morgan fingerprint density at radius 3 is 2.62 bits per heavy atom. The van der Waals surface area contributed by atoms with Gasteiger partial charge in [-0.3, -0.25) is 4.79 Å². The number of aliphatic hydroxyl groups is 2. The first-order valence-corrected chi connectivity index (χ1v) is 8.33. The van der Waals surface area contributed by atoms with Crippen LogP contribution in [0.4, 0.5) is 0 Å². The SMILES string of the molecule is COc1ccc(CCC(=O)N2CCC[C@@](O)(CO)CC2)cc1OC. The number of carbonyl (C=O) groups excluding carboxylic acids is 1. The highest BCUT2D eigenvalue weighted by atomic mass is 16.5. The minimum atomic E-state index is -1.04. The zero-order valence-electron chi connectivity index (χ0n) is 14.5. The summed E-state index contributed by atoms with van der Waals surface area (Å²) >= 11 is 0. The van der Waals surface area contributed by atoms with Crippen LogP contribution in [0.2, 0.25) is 0 Å². The molecule has 2 rings (SSSR count). The maximum atomic E-state index is 12.4. The van der Waals surface area contributed by atoms with Crippen molar-refractivity contribution in [1.29, 1.82) is 0 Å². The van der Waals surface area contributed by atoms with Gasteiger partial charge in [-0.25, -0.2) is 0 Å². The van der Waals surface area contributed by atoms with Gasteiger partial charge >= 0.3 is 0 Å². The number of aliphatic hydroxyl groups excluding tert-OH is 1. The second kappa shape index (κ2) is 8.35. The molecule has 134 valence electrons. The Morgan fingerprint density at radius 1 is 1.21 bits per heavy atom. The van der Waals surface area contributed by atoms with Gasteiger partial charge in [-0.2, -0.15) is 0 Å². The molecule has 6 heteroatoms. The summed E-state index contributed by atoms with van der Waals surface area (Å²) in [6, 6.07) is 5.66. The predicted molar refractivity (Wildman–Crippen MR) is 90.3 cm³/mol. The number of amides is 1. The van der Waals surface area contributed by atoms with Crippen LogP contribution in [0.5, 0.6) is 11.5 Å². The molecule has 1 aliphatic heterocycles. The number of rotatable bonds is 6. The van der Waals surface area contributed by atoms with E-state index in [1.807, 2.05) is 18.2 Å². The molecule has 0 saturated carbocycles. The largest absolute Gasteiger partial charge is 0.493 e. The van der Waals surface area contributed by atoms with Crippen LogP contribution in [0.15, 0.2) is 18.2 Å². The standard InChI is InChI=1S/C18H27NO5/c1-23-15-6-4-14(12-16(15)24-2)5-7-17(21)19-10-3-8-18(22,13-20)9-11-19/h4,6,12,20,22H,3,5,7-11,13H2,1-2H3/t18-/m0/s1. The van der Waals surface area contributed by atoms with Gasteiger partial charge < -0.3 is 24.6 Å². The average molecular weight is 337 g/mol. The van der Waals surface area contributed by atoms with Crippen LogP contribution in [0.3, 0.4) is 0 Å². The van der Waals surface area contributed by atoms with E-state index in [0.29, 0.717) is 56.7 Å². The summed E-state index contributed by atoms with van der Waals surface area (Å²) in [4.78, 5) is 14.2. The molecule has 1 aliphatic rings. The number of carbonyl (C=O) groups is 1. The Kier molecular flexibility index (Phi) is 6.45. The van der Waals surface area contributed by atoms with Crippen LogP contribution in [0.25, 0.3) is 0 Å². The molecule has 6 nitrogen and oxygen atoms in total. The normalized spacial score (nSPS) is 21.2. The van der Waals surface area contributed by atoms with Crippen molar-refractivity contribution >= 4 is 5.91 Å². The molecule has 0 unspecified atom stereocenters. The van der Waals surface area contributed by atoms with Gasteiger partial charge in [-0.05, 0) is 43.4 Å². The number of hydrogen-bond donors (Lipinski definition) is 2. The van der Waals surface area contributed by atoms with E-state index < -0.39 is 5.60 Å². The molecule has 0 radical (unpaired) electrons. The van der Waals surface area contributed by atoms with Crippen LogP contribution < -0.4 is 9.47 Å². The third-order valence-corrected chi connectivity index (χ3v) is 4.64. The zero-order valence-corrected chi connectivity index (χ0v) is 14.5. The van der Waals surface area contributed by atoms with Crippen molar-refractivity contribution in [3.63, 3.8) is 0 Å². The molecule has 0 bridgehead atoms. The van der Waals surface area contributed by atoms with E-state index in [1.54, 1.807) is 19.1 Å².